The van der Waals surface area contributed by atoms with Crippen molar-refractivity contribution in [3.63, 3.8) is 0 Å². The van der Waals surface area contributed by atoms with Gasteiger partial charge >= 0.3 is 5.76 Å². The lowest BCUT2D eigenvalue weighted by molar-refractivity contribution is -0.120. The lowest BCUT2D eigenvalue weighted by Gasteiger charge is -2.31. The second kappa shape index (κ2) is 8.44. The van der Waals surface area contributed by atoms with Gasteiger partial charge in [0, 0.05) is 44.6 Å². The van der Waals surface area contributed by atoms with E-state index in [4.69, 9.17) is 4.42 Å². The highest BCUT2D eigenvalue weighted by Gasteiger charge is 2.33. The molecule has 1 saturated heterocycles. The number of hydrogen-bond donors (Lipinski definition) is 2. The van der Waals surface area contributed by atoms with Crippen molar-refractivity contribution >= 4 is 38.4 Å². The number of anilines is 2. The van der Waals surface area contributed by atoms with Gasteiger partial charge in [0.05, 0.1) is 16.3 Å². The fourth-order valence-corrected chi connectivity index (χ4v) is 5.56. The average Bonchev–Trinajstić information content (AvgIpc) is 3.14. The van der Waals surface area contributed by atoms with E-state index in [0.717, 1.165) is 11.3 Å². The molecule has 10 heteroatoms. The first kappa shape index (κ1) is 22.1. The third kappa shape index (κ3) is 4.28. The van der Waals surface area contributed by atoms with Crippen LogP contribution in [0.1, 0.15) is 18.4 Å². The molecule has 2 aromatic carbocycles. The Morgan fingerprint density at radius 3 is 2.75 bits per heavy atom. The maximum atomic E-state index is 13.2. The molecule has 1 aliphatic heterocycles. The number of aromatic nitrogens is 1. The van der Waals surface area contributed by atoms with E-state index in [0.29, 0.717) is 30.6 Å². The Morgan fingerprint density at radius 2 is 2.00 bits per heavy atom. The molecule has 1 fully saturated rings. The smallest absolute Gasteiger partial charge is 0.408 e. The third-order valence-corrected chi connectivity index (χ3v) is 7.60. The summed E-state index contributed by atoms with van der Waals surface area (Å²) in [7, 11) is 0.0402. The van der Waals surface area contributed by atoms with Gasteiger partial charge in [-0.1, -0.05) is 6.07 Å². The van der Waals surface area contributed by atoms with Crippen molar-refractivity contribution in [3.05, 3.63) is 52.5 Å². The molecule has 1 unspecified atom stereocenters. The lowest BCUT2D eigenvalue weighted by Crippen LogP contribution is -2.43. The fraction of sp³-hybridized carbons (Fsp3) is 0.364. The average molecular weight is 459 g/mol. The van der Waals surface area contributed by atoms with Crippen LogP contribution in [-0.4, -0.2) is 50.8 Å². The molecule has 0 spiro atoms. The molecule has 170 valence electrons. The van der Waals surface area contributed by atoms with Crippen LogP contribution in [0.25, 0.3) is 11.1 Å². The number of benzene rings is 2. The van der Waals surface area contributed by atoms with E-state index < -0.39 is 21.7 Å². The Hall–Kier alpha value is -3.11. The Balaban J connectivity index is 1.51. The zero-order chi connectivity index (χ0) is 23.0. The largest absolute Gasteiger partial charge is 0.417 e. The van der Waals surface area contributed by atoms with Crippen molar-refractivity contribution in [2.24, 2.45) is 5.92 Å². The minimum absolute atomic E-state index is 0.0305. The summed E-state index contributed by atoms with van der Waals surface area (Å²) in [5.74, 6) is -1.31. The standard InChI is InChI=1S/C22H26N4O5S/c1-14-6-7-16(11-19(14)25(2)3)23-21(27)15-5-4-10-26(13-15)32(29,30)17-8-9-18-20(12-17)31-22(28)24-18/h6-9,11-12,15H,4-5,10,13H2,1-3H3,(H,23,27)(H,24,28). The maximum absolute atomic E-state index is 13.2. The highest BCUT2D eigenvalue weighted by Crippen LogP contribution is 2.27. The number of carbonyl (C=O) groups excluding carboxylic acids is 1. The number of aryl methyl sites for hydroxylation is 1. The number of nitrogens with one attached hydrogen (secondary N) is 2. The van der Waals surface area contributed by atoms with Gasteiger partial charge in [0.15, 0.2) is 5.58 Å². The summed E-state index contributed by atoms with van der Waals surface area (Å²) >= 11 is 0. The van der Waals surface area contributed by atoms with Crippen LogP contribution in [0.3, 0.4) is 0 Å². The summed E-state index contributed by atoms with van der Waals surface area (Å²) in [6, 6.07) is 9.96. The van der Waals surface area contributed by atoms with Gasteiger partial charge in [0.25, 0.3) is 0 Å². The number of hydrogen-bond acceptors (Lipinski definition) is 6. The molecular weight excluding hydrogens is 432 g/mol. The predicted octanol–water partition coefficient (Wildman–Crippen LogP) is 2.53. The molecule has 32 heavy (non-hydrogen) atoms. The van der Waals surface area contributed by atoms with Crippen molar-refractivity contribution in [1.29, 1.82) is 0 Å². The second-order valence-electron chi connectivity index (χ2n) is 8.26. The molecule has 9 nitrogen and oxygen atoms in total. The van der Waals surface area contributed by atoms with Crippen LogP contribution in [0.5, 0.6) is 0 Å². The zero-order valence-electron chi connectivity index (χ0n) is 18.2. The number of amides is 1. The minimum atomic E-state index is -3.84. The van der Waals surface area contributed by atoms with Crippen molar-refractivity contribution in [1.82, 2.24) is 9.29 Å². The van der Waals surface area contributed by atoms with Crippen LogP contribution in [-0.2, 0) is 14.8 Å². The van der Waals surface area contributed by atoms with E-state index in [1.807, 2.05) is 44.1 Å². The van der Waals surface area contributed by atoms with Gasteiger partial charge in [0.1, 0.15) is 0 Å². The minimum Gasteiger partial charge on any atom is -0.408 e. The summed E-state index contributed by atoms with van der Waals surface area (Å²) in [6.07, 6.45) is 1.19. The van der Waals surface area contributed by atoms with E-state index >= 15 is 0 Å². The summed E-state index contributed by atoms with van der Waals surface area (Å²) in [4.78, 5) is 28.8. The highest BCUT2D eigenvalue weighted by molar-refractivity contribution is 7.89. The Morgan fingerprint density at radius 1 is 1.22 bits per heavy atom. The second-order valence-corrected chi connectivity index (χ2v) is 10.2. The van der Waals surface area contributed by atoms with Gasteiger partial charge in [-0.25, -0.2) is 13.2 Å². The quantitative estimate of drug-likeness (QED) is 0.607. The Kier molecular flexibility index (Phi) is 5.83. The summed E-state index contributed by atoms with van der Waals surface area (Å²) in [6.45, 7) is 2.42. The first-order valence-corrected chi connectivity index (χ1v) is 11.8. The van der Waals surface area contributed by atoms with Crippen LogP contribution >= 0.6 is 0 Å². The van der Waals surface area contributed by atoms with E-state index in [9.17, 15) is 18.0 Å². The van der Waals surface area contributed by atoms with E-state index in [1.165, 1.54) is 22.5 Å². The molecule has 0 radical (unpaired) electrons. The van der Waals surface area contributed by atoms with Gasteiger partial charge in [-0.05, 0) is 49.6 Å². The van der Waals surface area contributed by atoms with Crippen LogP contribution in [0.15, 0.2) is 50.5 Å². The Labute approximate surface area is 186 Å². The third-order valence-electron chi connectivity index (χ3n) is 5.74. The molecule has 1 atom stereocenters. The lowest BCUT2D eigenvalue weighted by atomic mass is 9.98. The molecule has 3 aromatic rings. The van der Waals surface area contributed by atoms with Gasteiger partial charge in [-0.3, -0.25) is 9.78 Å². The van der Waals surface area contributed by atoms with Crippen LogP contribution in [0.4, 0.5) is 11.4 Å². The van der Waals surface area contributed by atoms with E-state index in [-0.39, 0.29) is 22.9 Å². The molecule has 2 heterocycles. The first-order valence-electron chi connectivity index (χ1n) is 10.4. The number of rotatable bonds is 5. The molecule has 1 aromatic heterocycles. The van der Waals surface area contributed by atoms with Crippen LogP contribution < -0.4 is 16.0 Å². The molecule has 0 saturated carbocycles. The van der Waals surface area contributed by atoms with Gasteiger partial charge in [0.2, 0.25) is 15.9 Å². The molecule has 1 aliphatic rings. The SMILES string of the molecule is Cc1ccc(NC(=O)C2CCCN(S(=O)(=O)c3ccc4[nH]c(=O)oc4c3)C2)cc1N(C)C. The monoisotopic (exact) mass is 458 g/mol. The van der Waals surface area contributed by atoms with E-state index in [2.05, 4.69) is 10.3 Å². The zero-order valence-corrected chi connectivity index (χ0v) is 19.0. The number of carbonyl (C=O) groups is 1. The number of H-pyrrole nitrogens is 1. The number of nitrogens with zero attached hydrogens (tertiary/aromatic N) is 2. The maximum Gasteiger partial charge on any atom is 0.417 e. The van der Waals surface area contributed by atoms with Crippen LogP contribution in [0.2, 0.25) is 0 Å². The number of oxazole rings is 1. The van der Waals surface area contributed by atoms with Crippen molar-refractivity contribution in [2.75, 3.05) is 37.4 Å². The summed E-state index contributed by atoms with van der Waals surface area (Å²) < 4.78 is 32.7. The summed E-state index contributed by atoms with van der Waals surface area (Å²) in [5, 5.41) is 2.93. The van der Waals surface area contributed by atoms with Crippen molar-refractivity contribution in [3.8, 4) is 0 Å². The fourth-order valence-electron chi connectivity index (χ4n) is 4.02. The molecule has 1 amide bonds. The topological polar surface area (TPSA) is 116 Å². The molecule has 4 rings (SSSR count). The van der Waals surface area contributed by atoms with Gasteiger partial charge in [-0.2, -0.15) is 4.31 Å². The molecular formula is C22H26N4O5S. The van der Waals surface area contributed by atoms with Gasteiger partial charge in [-0.15, -0.1) is 0 Å². The van der Waals surface area contributed by atoms with Crippen LogP contribution in [0, 0.1) is 12.8 Å². The van der Waals surface area contributed by atoms with Crippen molar-refractivity contribution in [2.45, 2.75) is 24.7 Å². The number of fused-ring (bicyclic) bond motifs is 1. The van der Waals surface area contributed by atoms with Gasteiger partial charge < -0.3 is 14.6 Å². The normalized spacial score (nSPS) is 17.4. The first-order chi connectivity index (χ1) is 15.1. The predicted molar refractivity (Wildman–Crippen MR) is 122 cm³/mol. The molecule has 0 bridgehead atoms. The summed E-state index contributed by atoms with van der Waals surface area (Å²) in [5.41, 5.74) is 3.39. The number of piperidine rings is 1. The van der Waals surface area contributed by atoms with E-state index in [1.54, 1.807) is 0 Å². The Bertz CT molecular complexity index is 1330. The number of sulfonamides is 1. The molecule has 0 aliphatic carbocycles. The number of aromatic amines is 1. The molecule has 2 N–H and O–H groups in total. The highest BCUT2D eigenvalue weighted by atomic mass is 32.2. The van der Waals surface area contributed by atoms with Crippen molar-refractivity contribution < 1.29 is 17.6 Å².